The van der Waals surface area contributed by atoms with Crippen LogP contribution in [0.3, 0.4) is 0 Å². The molecule has 0 saturated heterocycles. The average Bonchev–Trinajstić information content (AvgIpc) is 2.27. The summed E-state index contributed by atoms with van der Waals surface area (Å²) in [4.78, 5) is 3.53. The zero-order chi connectivity index (χ0) is 12.3. The Morgan fingerprint density at radius 1 is 1.18 bits per heavy atom. The van der Waals surface area contributed by atoms with Crippen molar-refractivity contribution in [2.75, 3.05) is 0 Å². The summed E-state index contributed by atoms with van der Waals surface area (Å²) in [6.07, 6.45) is 1.40. The van der Waals surface area contributed by atoms with Crippen molar-refractivity contribution < 1.29 is 9.13 Å². The predicted molar refractivity (Wildman–Crippen MR) is 64.4 cm³/mol. The Kier molecular flexibility index (Phi) is 3.38. The quantitative estimate of drug-likeness (QED) is 0.755. The summed E-state index contributed by atoms with van der Waals surface area (Å²) in [6.45, 7) is 4.41. The first-order valence-corrected chi connectivity index (χ1v) is 5.45. The van der Waals surface area contributed by atoms with Crippen LogP contribution in [0.4, 0.5) is 4.39 Å². The Labute approximate surface area is 100 Å². The van der Waals surface area contributed by atoms with Gasteiger partial charge in [0.15, 0.2) is 5.75 Å². The molecule has 3 heteroatoms. The van der Waals surface area contributed by atoms with E-state index in [2.05, 4.69) is 11.1 Å². The number of halogens is 1. The van der Waals surface area contributed by atoms with Crippen LogP contribution in [0.2, 0.25) is 0 Å². The molecule has 0 aliphatic heterocycles. The molecule has 17 heavy (non-hydrogen) atoms. The number of aryl methyl sites for hydroxylation is 2. The lowest BCUT2D eigenvalue weighted by Crippen LogP contribution is -1.99. The van der Waals surface area contributed by atoms with Crippen LogP contribution in [-0.2, 0) is 6.61 Å². The molecule has 0 N–H and O–H groups in total. The van der Waals surface area contributed by atoms with E-state index in [1.54, 1.807) is 12.1 Å². The second-order valence-corrected chi connectivity index (χ2v) is 4.08. The highest BCUT2D eigenvalue weighted by molar-refractivity contribution is 5.28. The first-order valence-electron chi connectivity index (χ1n) is 5.45. The van der Waals surface area contributed by atoms with Crippen LogP contribution in [0.15, 0.2) is 36.5 Å². The number of benzene rings is 1. The van der Waals surface area contributed by atoms with Crippen LogP contribution in [0.25, 0.3) is 0 Å². The average molecular weight is 231 g/mol. The van der Waals surface area contributed by atoms with Gasteiger partial charge in [-0.15, -0.1) is 0 Å². The van der Waals surface area contributed by atoms with E-state index in [1.165, 1.54) is 17.3 Å². The highest BCUT2D eigenvalue weighted by atomic mass is 19.1. The third-order valence-electron chi connectivity index (χ3n) is 2.40. The molecule has 0 fully saturated rings. The molecule has 0 bridgehead atoms. The first-order chi connectivity index (χ1) is 8.15. The summed E-state index contributed by atoms with van der Waals surface area (Å²) in [6, 6.07) is 9.38. The lowest BCUT2D eigenvalue weighted by molar-refractivity contribution is 0.286. The van der Waals surface area contributed by atoms with E-state index >= 15 is 0 Å². The fourth-order valence-corrected chi connectivity index (χ4v) is 1.79. The molecule has 88 valence electrons. The maximum Gasteiger partial charge on any atom is 0.255 e. The second kappa shape index (κ2) is 4.95. The number of hydrogen-bond acceptors (Lipinski definition) is 2. The van der Waals surface area contributed by atoms with E-state index in [0.29, 0.717) is 6.61 Å². The number of ether oxygens (including phenoxy) is 1. The second-order valence-electron chi connectivity index (χ2n) is 4.08. The standard InChI is InChI=1S/C14H14FNO/c1-10-6-11(2)8-12(7-10)9-17-13-4-3-5-16-14(13)15/h3-8H,9H2,1-2H3. The lowest BCUT2D eigenvalue weighted by atomic mass is 10.1. The minimum atomic E-state index is -0.572. The summed E-state index contributed by atoms with van der Waals surface area (Å²) in [5, 5.41) is 0. The largest absolute Gasteiger partial charge is 0.484 e. The van der Waals surface area contributed by atoms with E-state index in [4.69, 9.17) is 4.74 Å². The van der Waals surface area contributed by atoms with Gasteiger partial charge in [0.25, 0.3) is 5.95 Å². The van der Waals surface area contributed by atoms with Crippen LogP contribution in [-0.4, -0.2) is 4.98 Å². The Hall–Kier alpha value is -1.90. The number of rotatable bonds is 3. The van der Waals surface area contributed by atoms with Crippen molar-refractivity contribution in [1.29, 1.82) is 0 Å². The molecule has 0 unspecified atom stereocenters. The van der Waals surface area contributed by atoms with Gasteiger partial charge in [0.05, 0.1) is 0 Å². The fourth-order valence-electron chi connectivity index (χ4n) is 1.79. The highest BCUT2D eigenvalue weighted by Crippen LogP contribution is 2.16. The van der Waals surface area contributed by atoms with Gasteiger partial charge in [-0.25, -0.2) is 4.98 Å². The Morgan fingerprint density at radius 3 is 2.53 bits per heavy atom. The molecule has 0 aliphatic rings. The van der Waals surface area contributed by atoms with Gasteiger partial charge in [0, 0.05) is 6.20 Å². The monoisotopic (exact) mass is 231 g/mol. The molecule has 0 aliphatic carbocycles. The molecule has 0 saturated carbocycles. The van der Waals surface area contributed by atoms with Crippen LogP contribution < -0.4 is 4.74 Å². The third-order valence-corrected chi connectivity index (χ3v) is 2.40. The van der Waals surface area contributed by atoms with Gasteiger partial charge in [-0.1, -0.05) is 29.3 Å². The molecule has 2 nitrogen and oxygen atoms in total. The maximum atomic E-state index is 13.2. The van der Waals surface area contributed by atoms with Crippen molar-refractivity contribution in [3.8, 4) is 5.75 Å². The topological polar surface area (TPSA) is 22.1 Å². The van der Waals surface area contributed by atoms with Gasteiger partial charge >= 0.3 is 0 Å². The van der Waals surface area contributed by atoms with Gasteiger partial charge in [-0.05, 0) is 31.5 Å². The van der Waals surface area contributed by atoms with Gasteiger partial charge in [0.1, 0.15) is 6.61 Å². The van der Waals surface area contributed by atoms with Crippen LogP contribution in [0.5, 0.6) is 5.75 Å². The summed E-state index contributed by atoms with van der Waals surface area (Å²) >= 11 is 0. The summed E-state index contributed by atoms with van der Waals surface area (Å²) in [5.41, 5.74) is 3.39. The van der Waals surface area contributed by atoms with Crippen LogP contribution in [0.1, 0.15) is 16.7 Å². The molecule has 1 aromatic heterocycles. The molecule has 0 spiro atoms. The minimum absolute atomic E-state index is 0.187. The SMILES string of the molecule is Cc1cc(C)cc(COc2cccnc2F)c1. The van der Waals surface area contributed by atoms with Crippen molar-refractivity contribution in [2.45, 2.75) is 20.5 Å². The van der Waals surface area contributed by atoms with Gasteiger partial charge in [-0.3, -0.25) is 0 Å². The number of hydrogen-bond donors (Lipinski definition) is 0. The molecule has 0 atom stereocenters. The molecule has 0 radical (unpaired) electrons. The van der Waals surface area contributed by atoms with Gasteiger partial charge < -0.3 is 4.74 Å². The molecular formula is C14H14FNO. The summed E-state index contributed by atoms with van der Waals surface area (Å²) < 4.78 is 18.6. The zero-order valence-electron chi connectivity index (χ0n) is 9.90. The Morgan fingerprint density at radius 2 is 1.88 bits per heavy atom. The van der Waals surface area contributed by atoms with Crippen LogP contribution >= 0.6 is 0 Å². The number of pyridine rings is 1. The van der Waals surface area contributed by atoms with Gasteiger partial charge in [-0.2, -0.15) is 4.39 Å². The molecular weight excluding hydrogens is 217 g/mol. The Bertz CT molecular complexity index is 505. The molecule has 2 aromatic rings. The van der Waals surface area contributed by atoms with E-state index in [1.807, 2.05) is 26.0 Å². The summed E-state index contributed by atoms with van der Waals surface area (Å²) in [5.74, 6) is -0.386. The predicted octanol–water partition coefficient (Wildman–Crippen LogP) is 3.42. The van der Waals surface area contributed by atoms with E-state index in [-0.39, 0.29) is 5.75 Å². The van der Waals surface area contributed by atoms with Gasteiger partial charge in [0.2, 0.25) is 0 Å². The number of aromatic nitrogens is 1. The van der Waals surface area contributed by atoms with E-state index in [9.17, 15) is 4.39 Å². The Balaban J connectivity index is 2.10. The first kappa shape index (κ1) is 11.6. The maximum absolute atomic E-state index is 13.2. The lowest BCUT2D eigenvalue weighted by Gasteiger charge is -2.08. The summed E-state index contributed by atoms with van der Waals surface area (Å²) in [7, 11) is 0. The van der Waals surface area contributed by atoms with E-state index < -0.39 is 5.95 Å². The smallest absolute Gasteiger partial charge is 0.255 e. The molecule has 1 heterocycles. The number of nitrogens with zero attached hydrogens (tertiary/aromatic N) is 1. The normalized spacial score (nSPS) is 10.3. The fraction of sp³-hybridized carbons (Fsp3) is 0.214. The van der Waals surface area contributed by atoms with E-state index in [0.717, 1.165) is 5.56 Å². The molecule has 2 rings (SSSR count). The van der Waals surface area contributed by atoms with Crippen LogP contribution in [0, 0.1) is 19.8 Å². The minimum Gasteiger partial charge on any atom is -0.484 e. The third kappa shape index (κ3) is 3.03. The van der Waals surface area contributed by atoms with Crippen molar-refractivity contribution >= 4 is 0 Å². The van der Waals surface area contributed by atoms with Crippen molar-refractivity contribution in [3.05, 3.63) is 59.2 Å². The van der Waals surface area contributed by atoms with Crippen molar-refractivity contribution in [1.82, 2.24) is 4.98 Å². The zero-order valence-corrected chi connectivity index (χ0v) is 9.90. The molecule has 1 aromatic carbocycles. The van der Waals surface area contributed by atoms with Crippen molar-refractivity contribution in [3.63, 3.8) is 0 Å². The molecule has 0 amide bonds. The highest BCUT2D eigenvalue weighted by Gasteiger charge is 2.03. The van der Waals surface area contributed by atoms with Crippen molar-refractivity contribution in [2.24, 2.45) is 0 Å².